The quantitative estimate of drug-likeness (QED) is 0.212. The van der Waals surface area contributed by atoms with Crippen molar-refractivity contribution in [2.45, 2.75) is 13.3 Å². The number of nitriles is 1. The lowest BCUT2D eigenvalue weighted by Crippen LogP contribution is -2.13. The van der Waals surface area contributed by atoms with Gasteiger partial charge in [0.2, 0.25) is 0 Å². The molecule has 0 radical (unpaired) electrons. The summed E-state index contributed by atoms with van der Waals surface area (Å²) >= 11 is 7.48. The average molecular weight is 524 g/mol. The van der Waals surface area contributed by atoms with E-state index in [1.165, 1.54) is 16.9 Å². The molecule has 0 spiro atoms. The third kappa shape index (κ3) is 4.85. The van der Waals surface area contributed by atoms with E-state index in [1.807, 2.05) is 66.7 Å². The number of anilines is 4. The molecule has 182 valence electrons. The Labute approximate surface area is 223 Å². The van der Waals surface area contributed by atoms with Gasteiger partial charge in [-0.15, -0.1) is 11.3 Å². The van der Waals surface area contributed by atoms with Crippen LogP contribution in [0.2, 0.25) is 5.02 Å². The summed E-state index contributed by atoms with van der Waals surface area (Å²) in [5, 5.41) is 17.5. The molecule has 0 fully saturated rings. The number of rotatable bonds is 6. The zero-order valence-corrected chi connectivity index (χ0v) is 21.5. The molecule has 1 amide bonds. The number of thiophene rings is 1. The lowest BCUT2D eigenvalue weighted by Gasteiger charge is -2.10. The molecule has 8 heteroatoms. The fraction of sp³-hybridized carbons (Fsp3) is 0.0690. The van der Waals surface area contributed by atoms with Gasteiger partial charge in [-0.1, -0.05) is 61.0 Å². The number of aromatic nitrogens is 1. The van der Waals surface area contributed by atoms with Crippen LogP contribution in [0, 0.1) is 11.3 Å². The normalized spacial score (nSPS) is 10.7. The minimum absolute atomic E-state index is 0.0605. The van der Waals surface area contributed by atoms with Gasteiger partial charge in [0.15, 0.2) is 0 Å². The van der Waals surface area contributed by atoms with Crippen molar-refractivity contribution < 1.29 is 4.79 Å². The molecule has 6 nitrogen and oxygen atoms in total. The molecule has 5 rings (SSSR count). The summed E-state index contributed by atoms with van der Waals surface area (Å²) in [6, 6.07) is 26.6. The van der Waals surface area contributed by atoms with Crippen molar-refractivity contribution in [2.24, 2.45) is 0 Å². The first-order chi connectivity index (χ1) is 18.0. The van der Waals surface area contributed by atoms with E-state index in [1.54, 1.807) is 12.1 Å². The Kier molecular flexibility index (Phi) is 6.78. The molecule has 0 bridgehead atoms. The number of hydrogen-bond donors (Lipinski definition) is 3. The van der Waals surface area contributed by atoms with Crippen LogP contribution in [0.5, 0.6) is 0 Å². The van der Waals surface area contributed by atoms with Gasteiger partial charge in [-0.3, -0.25) is 4.79 Å². The zero-order valence-electron chi connectivity index (χ0n) is 19.9. The maximum absolute atomic E-state index is 13.7. The highest BCUT2D eigenvalue weighted by Gasteiger charge is 2.26. The lowest BCUT2D eigenvalue weighted by molar-refractivity contribution is 0.102. The number of nitrogens with two attached hydrogens (primary N) is 1. The number of halogens is 1. The molecule has 0 saturated heterocycles. The van der Waals surface area contributed by atoms with E-state index in [9.17, 15) is 10.1 Å². The van der Waals surface area contributed by atoms with Crippen molar-refractivity contribution in [3.8, 4) is 17.2 Å². The Bertz CT molecular complexity index is 1640. The fourth-order valence-electron chi connectivity index (χ4n) is 4.09. The first-order valence-electron chi connectivity index (χ1n) is 11.6. The molecule has 2 aromatic heterocycles. The van der Waals surface area contributed by atoms with Crippen LogP contribution < -0.4 is 16.4 Å². The summed E-state index contributed by atoms with van der Waals surface area (Å²) in [7, 11) is 0. The highest BCUT2D eigenvalue weighted by Crippen LogP contribution is 2.44. The van der Waals surface area contributed by atoms with Gasteiger partial charge in [0.1, 0.15) is 28.0 Å². The van der Waals surface area contributed by atoms with Crippen LogP contribution in [0.1, 0.15) is 28.4 Å². The molecular weight excluding hydrogens is 502 g/mol. The van der Waals surface area contributed by atoms with Gasteiger partial charge >= 0.3 is 0 Å². The topological polar surface area (TPSA) is 104 Å². The average Bonchev–Trinajstić information content (AvgIpc) is 3.26. The van der Waals surface area contributed by atoms with Gasteiger partial charge in [0.05, 0.1) is 10.2 Å². The van der Waals surface area contributed by atoms with Crippen LogP contribution in [0.15, 0.2) is 78.9 Å². The molecule has 0 atom stereocenters. The molecule has 0 aliphatic heterocycles. The van der Waals surface area contributed by atoms with E-state index in [2.05, 4.69) is 28.6 Å². The largest absolute Gasteiger partial charge is 0.383 e. The van der Waals surface area contributed by atoms with Crippen LogP contribution in [0.3, 0.4) is 0 Å². The predicted molar refractivity (Wildman–Crippen MR) is 153 cm³/mol. The number of pyridine rings is 1. The van der Waals surface area contributed by atoms with Crippen molar-refractivity contribution >= 4 is 61.3 Å². The summed E-state index contributed by atoms with van der Waals surface area (Å²) in [5.74, 6) is -0.269. The van der Waals surface area contributed by atoms with Crippen LogP contribution in [-0.4, -0.2) is 10.9 Å². The van der Waals surface area contributed by atoms with Gasteiger partial charge in [-0.2, -0.15) is 5.26 Å². The van der Waals surface area contributed by atoms with Crippen molar-refractivity contribution in [1.29, 1.82) is 5.26 Å². The number of carbonyl (C=O) groups is 1. The van der Waals surface area contributed by atoms with Gasteiger partial charge in [-0.05, 0) is 53.9 Å². The highest BCUT2D eigenvalue weighted by molar-refractivity contribution is 7.24. The molecule has 0 saturated carbocycles. The predicted octanol–water partition coefficient (Wildman–Crippen LogP) is 7.63. The Hall–Kier alpha value is -4.38. The molecule has 37 heavy (non-hydrogen) atoms. The summed E-state index contributed by atoms with van der Waals surface area (Å²) in [6.45, 7) is 2.10. The van der Waals surface area contributed by atoms with E-state index in [0.717, 1.165) is 17.7 Å². The van der Waals surface area contributed by atoms with E-state index in [-0.39, 0.29) is 17.3 Å². The standard InChI is InChI=1S/C29H22ClN5OS/c1-2-17-8-14-21(15-9-17)34-29-24(28(36)33-20-6-4-3-5-7-20)25-26(37-29)23(22(16-31)27(32)35-25)18-10-12-19(30)13-11-18/h3-15,34H,2H2,1H3,(H2,32,35)(H,33,36). The van der Waals surface area contributed by atoms with E-state index in [0.29, 0.717) is 37.1 Å². The molecule has 4 N–H and O–H groups in total. The van der Waals surface area contributed by atoms with Gasteiger partial charge in [-0.25, -0.2) is 4.98 Å². The third-order valence-corrected chi connectivity index (χ3v) is 7.34. The summed E-state index contributed by atoms with van der Waals surface area (Å²) in [6.07, 6.45) is 0.929. The van der Waals surface area contributed by atoms with Gasteiger partial charge < -0.3 is 16.4 Å². The Morgan fingerprint density at radius 1 is 1.03 bits per heavy atom. The lowest BCUT2D eigenvalue weighted by atomic mass is 10.00. The summed E-state index contributed by atoms with van der Waals surface area (Å²) in [4.78, 5) is 18.2. The van der Waals surface area contributed by atoms with Crippen LogP contribution >= 0.6 is 22.9 Å². The second-order valence-electron chi connectivity index (χ2n) is 8.35. The van der Waals surface area contributed by atoms with Crippen LogP contribution in [0.25, 0.3) is 21.3 Å². The SMILES string of the molecule is CCc1ccc(Nc2sc3c(-c4ccc(Cl)cc4)c(C#N)c(N)nc3c2C(=O)Nc2ccccc2)cc1. The Morgan fingerprint density at radius 3 is 2.38 bits per heavy atom. The highest BCUT2D eigenvalue weighted by atomic mass is 35.5. The van der Waals surface area contributed by atoms with Crippen molar-refractivity contribution in [2.75, 3.05) is 16.4 Å². The van der Waals surface area contributed by atoms with E-state index >= 15 is 0 Å². The summed E-state index contributed by atoms with van der Waals surface area (Å²) in [5.41, 5.74) is 11.4. The van der Waals surface area contributed by atoms with Gasteiger partial charge in [0, 0.05) is 22.0 Å². The number of aryl methyl sites for hydroxylation is 1. The Morgan fingerprint density at radius 2 is 1.73 bits per heavy atom. The number of carbonyl (C=O) groups excluding carboxylic acids is 1. The number of hydrogen-bond acceptors (Lipinski definition) is 6. The van der Waals surface area contributed by atoms with E-state index in [4.69, 9.17) is 17.3 Å². The minimum Gasteiger partial charge on any atom is -0.383 e. The van der Waals surface area contributed by atoms with Gasteiger partial charge in [0.25, 0.3) is 5.91 Å². The smallest absolute Gasteiger partial charge is 0.260 e. The first kappa shape index (κ1) is 24.3. The molecule has 3 aromatic carbocycles. The summed E-state index contributed by atoms with van der Waals surface area (Å²) < 4.78 is 0.680. The second kappa shape index (κ2) is 10.3. The number of fused-ring (bicyclic) bond motifs is 1. The molecule has 2 heterocycles. The fourth-order valence-corrected chi connectivity index (χ4v) is 5.45. The van der Waals surface area contributed by atoms with Crippen LogP contribution in [0.4, 0.5) is 22.2 Å². The first-order valence-corrected chi connectivity index (χ1v) is 12.8. The Balaban J connectivity index is 1.73. The van der Waals surface area contributed by atoms with Crippen LogP contribution in [-0.2, 0) is 6.42 Å². The molecule has 0 aliphatic carbocycles. The zero-order chi connectivity index (χ0) is 25.9. The second-order valence-corrected chi connectivity index (χ2v) is 9.80. The van der Waals surface area contributed by atoms with E-state index < -0.39 is 0 Å². The minimum atomic E-state index is -0.330. The number of nitrogens with one attached hydrogen (secondary N) is 2. The van der Waals surface area contributed by atoms with Crippen molar-refractivity contribution in [3.05, 3.63) is 101 Å². The molecular formula is C29H22ClN5OS. The monoisotopic (exact) mass is 523 g/mol. The maximum atomic E-state index is 13.7. The number of nitrogens with zero attached hydrogens (tertiary/aromatic N) is 2. The molecule has 0 unspecified atom stereocenters. The molecule has 0 aliphatic rings. The maximum Gasteiger partial charge on any atom is 0.260 e. The van der Waals surface area contributed by atoms with Crippen molar-refractivity contribution in [3.63, 3.8) is 0 Å². The molecule has 5 aromatic rings. The number of amides is 1. The third-order valence-electron chi connectivity index (χ3n) is 5.97. The van der Waals surface area contributed by atoms with Crippen molar-refractivity contribution in [1.82, 2.24) is 4.98 Å². The number of benzene rings is 3. The number of nitrogen functional groups attached to an aromatic ring is 1. The number of para-hydroxylation sites is 1.